The number of anilines is 1. The maximum Gasteiger partial charge on any atom is 0.180 e. The normalized spacial score (nSPS) is 12.1. The van der Waals surface area contributed by atoms with Crippen molar-refractivity contribution in [2.45, 2.75) is 13.0 Å². The van der Waals surface area contributed by atoms with Crippen LogP contribution in [0, 0.1) is 0 Å². The van der Waals surface area contributed by atoms with Gasteiger partial charge in [0.25, 0.3) is 0 Å². The minimum atomic E-state index is -0.153. The average Bonchev–Trinajstić information content (AvgIpc) is 2.77. The van der Waals surface area contributed by atoms with Gasteiger partial charge in [-0.1, -0.05) is 12.1 Å². The molecule has 5 heteroatoms. The predicted molar refractivity (Wildman–Crippen MR) is 68.6 cm³/mol. The maximum atomic E-state index is 5.80. The van der Waals surface area contributed by atoms with E-state index in [1.807, 2.05) is 36.6 Å². The van der Waals surface area contributed by atoms with E-state index in [1.165, 1.54) is 11.3 Å². The summed E-state index contributed by atoms with van der Waals surface area (Å²) in [5.74, 6) is 1.41. The number of nitrogens with two attached hydrogens (primary N) is 1. The molecule has 0 aliphatic heterocycles. The number of aromatic nitrogens is 1. The number of thiazole rings is 1. The van der Waals surface area contributed by atoms with Crippen molar-refractivity contribution >= 4 is 16.5 Å². The molecule has 0 fully saturated rings. The molecule has 2 rings (SSSR count). The van der Waals surface area contributed by atoms with E-state index >= 15 is 0 Å². The van der Waals surface area contributed by atoms with Crippen LogP contribution in [0.4, 0.5) is 5.13 Å². The fourth-order valence-corrected chi connectivity index (χ4v) is 2.10. The average molecular weight is 250 g/mol. The van der Waals surface area contributed by atoms with Crippen molar-refractivity contribution in [3.05, 3.63) is 35.3 Å². The SMILES string of the molecule is COc1ccccc1OC(C)c1csc(N)n1. The second-order valence-electron chi connectivity index (χ2n) is 3.52. The standard InChI is InChI=1S/C12H14N2O2S/c1-8(9-7-17-12(13)14-9)16-11-6-4-3-5-10(11)15-2/h3-8H,1-2H3,(H2,13,14). The van der Waals surface area contributed by atoms with E-state index in [2.05, 4.69) is 4.98 Å². The van der Waals surface area contributed by atoms with Gasteiger partial charge >= 0.3 is 0 Å². The van der Waals surface area contributed by atoms with E-state index in [1.54, 1.807) is 7.11 Å². The third-order valence-electron chi connectivity index (χ3n) is 2.33. The van der Waals surface area contributed by atoms with E-state index in [4.69, 9.17) is 15.2 Å². The van der Waals surface area contributed by atoms with Crippen LogP contribution >= 0.6 is 11.3 Å². The Hall–Kier alpha value is -1.75. The summed E-state index contributed by atoms with van der Waals surface area (Å²) in [6, 6.07) is 7.53. The van der Waals surface area contributed by atoms with Crippen molar-refractivity contribution in [1.82, 2.24) is 4.98 Å². The Balaban J connectivity index is 2.15. The van der Waals surface area contributed by atoms with Gasteiger partial charge in [-0.25, -0.2) is 4.98 Å². The summed E-state index contributed by atoms with van der Waals surface area (Å²) >= 11 is 1.41. The molecule has 4 nitrogen and oxygen atoms in total. The molecule has 1 heterocycles. The minimum absolute atomic E-state index is 0.153. The lowest BCUT2D eigenvalue weighted by atomic mass is 10.3. The monoisotopic (exact) mass is 250 g/mol. The lowest BCUT2D eigenvalue weighted by molar-refractivity contribution is 0.212. The van der Waals surface area contributed by atoms with E-state index in [9.17, 15) is 0 Å². The van der Waals surface area contributed by atoms with Gasteiger partial charge < -0.3 is 15.2 Å². The highest BCUT2D eigenvalue weighted by Crippen LogP contribution is 2.31. The largest absolute Gasteiger partial charge is 0.493 e. The second-order valence-corrected chi connectivity index (χ2v) is 4.41. The molecule has 90 valence electrons. The van der Waals surface area contributed by atoms with Gasteiger partial charge in [-0.2, -0.15) is 0 Å². The molecule has 0 spiro atoms. The number of nitrogens with zero attached hydrogens (tertiary/aromatic N) is 1. The number of benzene rings is 1. The molecule has 0 saturated heterocycles. The number of hydrogen-bond donors (Lipinski definition) is 1. The van der Waals surface area contributed by atoms with E-state index in [-0.39, 0.29) is 6.10 Å². The number of para-hydroxylation sites is 2. The van der Waals surface area contributed by atoms with Crippen LogP contribution < -0.4 is 15.2 Å². The first-order valence-corrected chi connectivity index (χ1v) is 6.09. The third kappa shape index (κ3) is 2.68. The molecule has 1 aromatic carbocycles. The van der Waals surface area contributed by atoms with Crippen LogP contribution in [0.15, 0.2) is 29.6 Å². The van der Waals surface area contributed by atoms with Gasteiger partial charge in [0.05, 0.1) is 12.8 Å². The molecule has 2 N–H and O–H groups in total. The smallest absolute Gasteiger partial charge is 0.180 e. The van der Waals surface area contributed by atoms with Crippen LogP contribution in [-0.4, -0.2) is 12.1 Å². The van der Waals surface area contributed by atoms with Crippen LogP contribution in [0.25, 0.3) is 0 Å². The topological polar surface area (TPSA) is 57.4 Å². The number of ether oxygens (including phenoxy) is 2. The zero-order valence-corrected chi connectivity index (χ0v) is 10.5. The highest BCUT2D eigenvalue weighted by Gasteiger charge is 2.13. The summed E-state index contributed by atoms with van der Waals surface area (Å²) in [6.45, 7) is 1.93. The Kier molecular flexibility index (Phi) is 3.49. The third-order valence-corrected chi connectivity index (χ3v) is 3.02. The first kappa shape index (κ1) is 11.7. The Morgan fingerprint density at radius 1 is 1.29 bits per heavy atom. The van der Waals surface area contributed by atoms with Gasteiger partial charge in [0.15, 0.2) is 16.6 Å². The van der Waals surface area contributed by atoms with Crippen LogP contribution in [-0.2, 0) is 0 Å². The van der Waals surface area contributed by atoms with Crippen molar-refractivity contribution < 1.29 is 9.47 Å². The molecule has 1 unspecified atom stereocenters. The zero-order chi connectivity index (χ0) is 12.3. The van der Waals surface area contributed by atoms with Crippen LogP contribution in [0.2, 0.25) is 0 Å². The molecule has 0 radical (unpaired) electrons. The highest BCUT2D eigenvalue weighted by atomic mass is 32.1. The Morgan fingerprint density at radius 2 is 2.00 bits per heavy atom. The molecule has 0 saturated carbocycles. The van der Waals surface area contributed by atoms with Gasteiger partial charge in [0.2, 0.25) is 0 Å². The molecule has 1 atom stereocenters. The summed E-state index contributed by atoms with van der Waals surface area (Å²) in [5, 5.41) is 2.45. The first-order valence-electron chi connectivity index (χ1n) is 5.21. The first-order chi connectivity index (χ1) is 8.20. The minimum Gasteiger partial charge on any atom is -0.493 e. The van der Waals surface area contributed by atoms with Gasteiger partial charge in [-0.05, 0) is 19.1 Å². The van der Waals surface area contributed by atoms with Gasteiger partial charge in [0, 0.05) is 5.38 Å². The van der Waals surface area contributed by atoms with Crippen molar-refractivity contribution in [2.24, 2.45) is 0 Å². The van der Waals surface area contributed by atoms with Crippen molar-refractivity contribution in [2.75, 3.05) is 12.8 Å². The quantitative estimate of drug-likeness (QED) is 0.906. The molecule has 1 aromatic heterocycles. The maximum absolute atomic E-state index is 5.80. The van der Waals surface area contributed by atoms with Crippen LogP contribution in [0.5, 0.6) is 11.5 Å². The zero-order valence-electron chi connectivity index (χ0n) is 9.71. The summed E-state index contributed by atoms with van der Waals surface area (Å²) in [7, 11) is 1.62. The molecule has 0 amide bonds. The van der Waals surface area contributed by atoms with Gasteiger partial charge in [0.1, 0.15) is 6.10 Å². The molecular formula is C12H14N2O2S. The number of methoxy groups -OCH3 is 1. The van der Waals surface area contributed by atoms with Crippen molar-refractivity contribution in [3.63, 3.8) is 0 Å². The molecule has 17 heavy (non-hydrogen) atoms. The second kappa shape index (κ2) is 5.05. The lowest BCUT2D eigenvalue weighted by Gasteiger charge is -2.14. The molecule has 0 aliphatic carbocycles. The summed E-state index contributed by atoms with van der Waals surface area (Å²) in [4.78, 5) is 4.19. The number of hydrogen-bond acceptors (Lipinski definition) is 5. The van der Waals surface area contributed by atoms with Crippen LogP contribution in [0.3, 0.4) is 0 Å². The molecular weight excluding hydrogens is 236 g/mol. The molecule has 2 aromatic rings. The fourth-order valence-electron chi connectivity index (χ4n) is 1.45. The Labute approximate surface area is 104 Å². The summed E-state index contributed by atoms with van der Waals surface area (Å²) in [6.07, 6.45) is -0.153. The van der Waals surface area contributed by atoms with Crippen molar-refractivity contribution in [3.8, 4) is 11.5 Å². The summed E-state index contributed by atoms with van der Waals surface area (Å²) < 4.78 is 11.0. The Morgan fingerprint density at radius 3 is 2.59 bits per heavy atom. The highest BCUT2D eigenvalue weighted by molar-refractivity contribution is 7.13. The summed E-state index contributed by atoms with van der Waals surface area (Å²) in [5.41, 5.74) is 6.42. The predicted octanol–water partition coefficient (Wildman–Crippen LogP) is 2.87. The fraction of sp³-hybridized carbons (Fsp3) is 0.250. The van der Waals surface area contributed by atoms with Crippen LogP contribution in [0.1, 0.15) is 18.7 Å². The lowest BCUT2D eigenvalue weighted by Crippen LogP contribution is -2.04. The van der Waals surface area contributed by atoms with E-state index < -0.39 is 0 Å². The number of nitrogen functional groups attached to an aromatic ring is 1. The van der Waals surface area contributed by atoms with E-state index in [0.717, 1.165) is 5.69 Å². The van der Waals surface area contributed by atoms with Crippen molar-refractivity contribution in [1.29, 1.82) is 0 Å². The van der Waals surface area contributed by atoms with Gasteiger partial charge in [-0.3, -0.25) is 0 Å². The number of rotatable bonds is 4. The molecule has 0 bridgehead atoms. The molecule has 0 aliphatic rings. The van der Waals surface area contributed by atoms with Gasteiger partial charge in [-0.15, -0.1) is 11.3 Å². The Bertz CT molecular complexity index is 499. The van der Waals surface area contributed by atoms with E-state index in [0.29, 0.717) is 16.6 Å².